The molecule has 0 bridgehead atoms. The van der Waals surface area contributed by atoms with Gasteiger partial charge in [-0.15, -0.1) is 5.10 Å². The molecule has 0 radical (unpaired) electrons. The number of hydrogen-bond donors (Lipinski definition) is 0. The van der Waals surface area contributed by atoms with Crippen LogP contribution in [0.25, 0.3) is 22.6 Å². The van der Waals surface area contributed by atoms with Crippen LogP contribution < -0.4 is 0 Å². The molecule has 5 aromatic heterocycles. The van der Waals surface area contributed by atoms with Crippen LogP contribution in [0.3, 0.4) is 0 Å². The molecule has 0 amide bonds. The van der Waals surface area contributed by atoms with E-state index in [2.05, 4.69) is 62.1 Å². The van der Waals surface area contributed by atoms with Gasteiger partial charge in [0.1, 0.15) is 11.3 Å². The first-order chi connectivity index (χ1) is 16.7. The highest BCUT2D eigenvalue weighted by atomic mass is 15.4. The molecule has 34 heavy (non-hydrogen) atoms. The van der Waals surface area contributed by atoms with Crippen LogP contribution >= 0.6 is 0 Å². The number of pyridine rings is 2. The molecule has 0 atom stereocenters. The highest BCUT2D eigenvalue weighted by Gasteiger charge is 2.16. The average Bonchev–Trinajstić information content (AvgIpc) is 3.62. The largest absolute Gasteiger partial charge is 0.322 e. The highest BCUT2D eigenvalue weighted by Crippen LogP contribution is 2.20. The van der Waals surface area contributed by atoms with Gasteiger partial charge in [-0.3, -0.25) is 9.88 Å². The first kappa shape index (κ1) is 20.8. The van der Waals surface area contributed by atoms with Crippen LogP contribution in [0, 0.1) is 5.92 Å². The first-order valence-electron chi connectivity index (χ1n) is 11.9. The van der Waals surface area contributed by atoms with Crippen molar-refractivity contribution in [3.05, 3.63) is 85.0 Å². The standard InChI is InChI=1S/C26H28N8/c1-20-6-10-31(11-7-20)15-21-4-5-26-28-23(17-33(26)16-21)18-34-19-25(29-30-34)22-12-24(14-27-13-22)32-8-2-3-9-32/h2-5,8-9,12-14,16-17,19-20H,6-7,10-11,15,18H2,1H3. The van der Waals surface area contributed by atoms with Gasteiger partial charge in [0.05, 0.1) is 30.3 Å². The Morgan fingerprint density at radius 2 is 1.82 bits per heavy atom. The molecule has 0 spiro atoms. The molecule has 1 fully saturated rings. The number of hydrogen-bond acceptors (Lipinski definition) is 5. The lowest BCUT2D eigenvalue weighted by Crippen LogP contribution is -2.32. The maximum Gasteiger partial charge on any atom is 0.137 e. The summed E-state index contributed by atoms with van der Waals surface area (Å²) in [6.07, 6.45) is 16.5. The summed E-state index contributed by atoms with van der Waals surface area (Å²) in [5.74, 6) is 0.854. The van der Waals surface area contributed by atoms with E-state index in [0.29, 0.717) is 6.54 Å². The van der Waals surface area contributed by atoms with Gasteiger partial charge in [0, 0.05) is 43.1 Å². The van der Waals surface area contributed by atoms with E-state index < -0.39 is 0 Å². The molecule has 8 nitrogen and oxygen atoms in total. The zero-order valence-corrected chi connectivity index (χ0v) is 19.3. The van der Waals surface area contributed by atoms with E-state index in [1.54, 1.807) is 0 Å². The Morgan fingerprint density at radius 3 is 2.68 bits per heavy atom. The van der Waals surface area contributed by atoms with Crippen molar-refractivity contribution in [3.63, 3.8) is 0 Å². The number of rotatable bonds is 6. The van der Waals surface area contributed by atoms with Crippen LogP contribution in [0.15, 0.2) is 73.7 Å². The fourth-order valence-corrected chi connectivity index (χ4v) is 4.63. The molecule has 1 aliphatic heterocycles. The first-order valence-corrected chi connectivity index (χ1v) is 11.9. The number of imidazole rings is 1. The van der Waals surface area contributed by atoms with Gasteiger partial charge in [-0.05, 0) is 61.7 Å². The molecule has 0 saturated carbocycles. The number of aromatic nitrogens is 7. The lowest BCUT2D eigenvalue weighted by molar-refractivity contribution is 0.185. The van der Waals surface area contributed by atoms with E-state index in [1.807, 2.05) is 52.4 Å². The summed E-state index contributed by atoms with van der Waals surface area (Å²) in [5.41, 5.74) is 5.96. The average molecular weight is 453 g/mol. The van der Waals surface area contributed by atoms with Gasteiger partial charge < -0.3 is 8.97 Å². The maximum atomic E-state index is 4.78. The molecule has 1 saturated heterocycles. The molecular weight excluding hydrogens is 424 g/mol. The molecule has 0 unspecified atom stereocenters. The van der Waals surface area contributed by atoms with E-state index in [1.165, 1.54) is 31.5 Å². The molecule has 5 aromatic rings. The fourth-order valence-electron chi connectivity index (χ4n) is 4.63. The Bertz CT molecular complexity index is 1390. The predicted molar refractivity (Wildman–Crippen MR) is 131 cm³/mol. The lowest BCUT2D eigenvalue weighted by Gasteiger charge is -2.30. The number of likely N-dealkylation sites (tertiary alicyclic amines) is 1. The zero-order valence-electron chi connectivity index (χ0n) is 19.3. The van der Waals surface area contributed by atoms with Gasteiger partial charge in [0.25, 0.3) is 0 Å². The predicted octanol–water partition coefficient (Wildman–Crippen LogP) is 4.06. The Balaban J connectivity index is 1.17. The van der Waals surface area contributed by atoms with Crippen LogP contribution in [0.1, 0.15) is 31.0 Å². The smallest absolute Gasteiger partial charge is 0.137 e. The summed E-state index contributed by atoms with van der Waals surface area (Å²) in [5, 5.41) is 8.69. The minimum atomic E-state index is 0.568. The van der Waals surface area contributed by atoms with Crippen LogP contribution in [0.4, 0.5) is 0 Å². The van der Waals surface area contributed by atoms with Gasteiger partial charge in [0.15, 0.2) is 0 Å². The second-order valence-corrected chi connectivity index (χ2v) is 9.32. The Labute approximate surface area is 198 Å². The summed E-state index contributed by atoms with van der Waals surface area (Å²) in [7, 11) is 0. The number of fused-ring (bicyclic) bond motifs is 1. The Kier molecular flexibility index (Phi) is 5.43. The van der Waals surface area contributed by atoms with Gasteiger partial charge >= 0.3 is 0 Å². The minimum absolute atomic E-state index is 0.568. The number of nitrogens with zero attached hydrogens (tertiary/aromatic N) is 8. The van der Waals surface area contributed by atoms with Crippen molar-refractivity contribution in [1.29, 1.82) is 0 Å². The molecule has 0 N–H and O–H groups in total. The van der Waals surface area contributed by atoms with E-state index in [4.69, 9.17) is 4.98 Å². The topological polar surface area (TPSA) is 69.1 Å². The van der Waals surface area contributed by atoms with E-state index in [-0.39, 0.29) is 0 Å². The van der Waals surface area contributed by atoms with Crippen LogP contribution in [0.2, 0.25) is 0 Å². The summed E-state index contributed by atoms with van der Waals surface area (Å²) < 4.78 is 5.98. The van der Waals surface area contributed by atoms with Crippen LogP contribution in [-0.2, 0) is 13.1 Å². The highest BCUT2D eigenvalue weighted by molar-refractivity contribution is 5.59. The quantitative estimate of drug-likeness (QED) is 0.389. The minimum Gasteiger partial charge on any atom is -0.322 e. The van der Waals surface area contributed by atoms with Crippen molar-refractivity contribution in [2.75, 3.05) is 13.1 Å². The van der Waals surface area contributed by atoms with Crippen molar-refractivity contribution in [3.8, 4) is 16.9 Å². The van der Waals surface area contributed by atoms with Gasteiger partial charge in [-0.1, -0.05) is 18.2 Å². The zero-order chi connectivity index (χ0) is 22.9. The van der Waals surface area contributed by atoms with Crippen molar-refractivity contribution in [1.82, 2.24) is 38.8 Å². The van der Waals surface area contributed by atoms with Crippen LogP contribution in [0.5, 0.6) is 0 Å². The SMILES string of the molecule is CC1CCN(Cc2ccc3nc(Cn4cc(-c5cncc(-n6cccc6)c5)nn4)cn3c2)CC1. The van der Waals surface area contributed by atoms with Crippen molar-refractivity contribution in [2.24, 2.45) is 5.92 Å². The maximum absolute atomic E-state index is 4.78. The second-order valence-electron chi connectivity index (χ2n) is 9.32. The summed E-state index contributed by atoms with van der Waals surface area (Å²) >= 11 is 0. The fraction of sp³-hybridized carbons (Fsp3) is 0.308. The molecule has 172 valence electrons. The Morgan fingerprint density at radius 1 is 0.971 bits per heavy atom. The van der Waals surface area contributed by atoms with E-state index in [0.717, 1.165) is 40.7 Å². The van der Waals surface area contributed by atoms with Gasteiger partial charge in [-0.2, -0.15) is 0 Å². The third-order valence-electron chi connectivity index (χ3n) is 6.63. The Hall–Kier alpha value is -3.78. The van der Waals surface area contributed by atoms with Gasteiger partial charge in [0.2, 0.25) is 0 Å². The van der Waals surface area contributed by atoms with Crippen molar-refractivity contribution < 1.29 is 0 Å². The molecule has 6 rings (SSSR count). The van der Waals surface area contributed by atoms with Gasteiger partial charge in [-0.25, -0.2) is 9.67 Å². The van der Waals surface area contributed by atoms with E-state index >= 15 is 0 Å². The summed E-state index contributed by atoms with van der Waals surface area (Å²) in [6, 6.07) is 10.4. The van der Waals surface area contributed by atoms with Crippen LogP contribution in [-0.4, -0.2) is 51.9 Å². The third-order valence-corrected chi connectivity index (χ3v) is 6.63. The molecular formula is C26H28N8. The summed E-state index contributed by atoms with van der Waals surface area (Å²) in [4.78, 5) is 11.7. The normalized spacial score (nSPS) is 15.3. The van der Waals surface area contributed by atoms with Crippen molar-refractivity contribution >= 4 is 5.65 Å². The monoisotopic (exact) mass is 452 g/mol. The molecule has 0 aromatic carbocycles. The number of piperidine rings is 1. The lowest BCUT2D eigenvalue weighted by atomic mass is 9.99. The molecule has 6 heterocycles. The third kappa shape index (κ3) is 4.36. The van der Waals surface area contributed by atoms with E-state index in [9.17, 15) is 0 Å². The molecule has 1 aliphatic rings. The summed E-state index contributed by atoms with van der Waals surface area (Å²) in [6.45, 7) is 6.30. The molecule has 8 heteroatoms. The second kappa shape index (κ2) is 8.87. The van der Waals surface area contributed by atoms with Crippen molar-refractivity contribution in [2.45, 2.75) is 32.9 Å². The molecule has 0 aliphatic carbocycles.